The van der Waals surface area contributed by atoms with Gasteiger partial charge in [-0.1, -0.05) is 0 Å². The number of carbonyl (C=O) groups is 3. The molecule has 1 amide bonds. The Morgan fingerprint density at radius 3 is 2.19 bits per heavy atom. The lowest BCUT2D eigenvalue weighted by atomic mass is 10.2. The van der Waals surface area contributed by atoms with Crippen molar-refractivity contribution in [3.8, 4) is 0 Å². The maximum absolute atomic E-state index is 11.7. The van der Waals surface area contributed by atoms with Crippen LogP contribution in [0.4, 0.5) is 4.79 Å². The Balaban J connectivity index is 4.33. The summed E-state index contributed by atoms with van der Waals surface area (Å²) < 4.78 is 20.5. The fourth-order valence-corrected chi connectivity index (χ4v) is 1.89. The molecule has 2 N–H and O–H groups in total. The summed E-state index contributed by atoms with van der Waals surface area (Å²) in [4.78, 5) is 34.5. The molecule has 0 aromatic rings. The van der Waals surface area contributed by atoms with Gasteiger partial charge in [-0.3, -0.25) is 0 Å². The Morgan fingerprint density at radius 1 is 1.04 bits per heavy atom. The van der Waals surface area contributed by atoms with Gasteiger partial charge in [0, 0.05) is 13.2 Å². The molecule has 0 rings (SSSR count). The Labute approximate surface area is 154 Å². The summed E-state index contributed by atoms with van der Waals surface area (Å²) in [5, 5.41) is 11.8. The maximum atomic E-state index is 11.7. The van der Waals surface area contributed by atoms with Crippen molar-refractivity contribution in [1.29, 1.82) is 0 Å². The van der Waals surface area contributed by atoms with E-state index in [2.05, 4.69) is 5.32 Å². The molecule has 0 aliphatic carbocycles. The van der Waals surface area contributed by atoms with Crippen molar-refractivity contribution in [3.63, 3.8) is 0 Å². The first-order valence-corrected chi connectivity index (χ1v) is 8.70. The zero-order valence-electron chi connectivity index (χ0n) is 16.2. The van der Waals surface area contributed by atoms with Gasteiger partial charge in [-0.15, -0.1) is 0 Å². The van der Waals surface area contributed by atoms with Crippen LogP contribution in [0.25, 0.3) is 0 Å². The quantitative estimate of drug-likeness (QED) is 0.390. The summed E-state index contributed by atoms with van der Waals surface area (Å²) >= 11 is 0. The van der Waals surface area contributed by atoms with E-state index in [9.17, 15) is 19.5 Å². The van der Waals surface area contributed by atoms with Crippen LogP contribution in [0.15, 0.2) is 0 Å². The number of carboxylic acid groups (broad SMARTS) is 1. The zero-order valence-corrected chi connectivity index (χ0v) is 16.2. The number of nitrogens with one attached hydrogen (secondary N) is 1. The Hall–Kier alpha value is -1.87. The lowest BCUT2D eigenvalue weighted by Crippen LogP contribution is -2.36. The molecule has 0 saturated heterocycles. The fourth-order valence-electron chi connectivity index (χ4n) is 1.89. The van der Waals surface area contributed by atoms with Crippen LogP contribution in [0.1, 0.15) is 47.5 Å². The highest BCUT2D eigenvalue weighted by molar-refractivity contribution is 5.75. The summed E-state index contributed by atoms with van der Waals surface area (Å²) in [5.74, 6) is -1.74. The third kappa shape index (κ3) is 11.6. The van der Waals surface area contributed by atoms with Crippen molar-refractivity contribution in [2.24, 2.45) is 0 Å². The third-order valence-corrected chi connectivity index (χ3v) is 2.95. The van der Waals surface area contributed by atoms with Crippen LogP contribution >= 0.6 is 0 Å². The van der Waals surface area contributed by atoms with Crippen LogP contribution in [-0.4, -0.2) is 67.3 Å². The molecule has 0 heterocycles. The van der Waals surface area contributed by atoms with Gasteiger partial charge in [0.2, 0.25) is 0 Å². The average Bonchev–Trinajstić information content (AvgIpc) is 2.51. The number of hydrogen-bond donors (Lipinski definition) is 2. The highest BCUT2D eigenvalue weighted by Crippen LogP contribution is 2.08. The van der Waals surface area contributed by atoms with Gasteiger partial charge in [0.15, 0.2) is 12.2 Å². The molecule has 2 atom stereocenters. The van der Waals surface area contributed by atoms with E-state index in [-0.39, 0.29) is 32.8 Å². The first-order valence-electron chi connectivity index (χ1n) is 8.70. The second-order valence-electron chi connectivity index (χ2n) is 6.43. The number of ether oxygens (including phenoxy) is 4. The van der Waals surface area contributed by atoms with Crippen LogP contribution in [0.2, 0.25) is 0 Å². The van der Waals surface area contributed by atoms with Gasteiger partial charge in [-0.05, 0) is 47.5 Å². The van der Waals surface area contributed by atoms with Crippen molar-refractivity contribution in [1.82, 2.24) is 5.32 Å². The second kappa shape index (κ2) is 12.5. The molecule has 0 radical (unpaired) electrons. The standard InChI is InChI=1S/C17H31NO8/c1-6-23-13(15(21)24-7-2)11-25-12(14(19)20)9-8-10-18-16(22)26-17(3,4)5/h12-13H,6-11H2,1-5H3,(H,18,22)(H,19,20). The number of rotatable bonds is 12. The van der Waals surface area contributed by atoms with Crippen molar-refractivity contribution in [2.75, 3.05) is 26.4 Å². The zero-order chi connectivity index (χ0) is 20.2. The van der Waals surface area contributed by atoms with Crippen LogP contribution in [-0.2, 0) is 28.5 Å². The lowest BCUT2D eigenvalue weighted by Gasteiger charge is -2.20. The second-order valence-corrected chi connectivity index (χ2v) is 6.43. The number of amides is 1. The molecule has 0 aromatic carbocycles. The molecular weight excluding hydrogens is 346 g/mol. The van der Waals surface area contributed by atoms with Crippen molar-refractivity contribution in [2.45, 2.75) is 65.3 Å². The summed E-state index contributed by atoms with van der Waals surface area (Å²) in [6.45, 7) is 9.11. The first-order chi connectivity index (χ1) is 12.1. The topological polar surface area (TPSA) is 120 Å². The van der Waals surface area contributed by atoms with Crippen molar-refractivity contribution < 1.29 is 38.4 Å². The van der Waals surface area contributed by atoms with Crippen molar-refractivity contribution in [3.05, 3.63) is 0 Å². The molecule has 0 fully saturated rings. The highest BCUT2D eigenvalue weighted by atomic mass is 16.6. The summed E-state index contributed by atoms with van der Waals surface area (Å²) in [7, 11) is 0. The summed E-state index contributed by atoms with van der Waals surface area (Å²) in [5.41, 5.74) is -0.599. The van der Waals surface area contributed by atoms with E-state index in [0.717, 1.165) is 0 Å². The van der Waals surface area contributed by atoms with Gasteiger partial charge in [0.05, 0.1) is 13.2 Å². The lowest BCUT2D eigenvalue weighted by molar-refractivity contribution is -0.167. The number of esters is 1. The number of carboxylic acids is 1. The van der Waals surface area contributed by atoms with Gasteiger partial charge in [-0.25, -0.2) is 14.4 Å². The maximum Gasteiger partial charge on any atom is 0.407 e. The average molecular weight is 377 g/mol. The molecule has 0 spiro atoms. The Kier molecular flexibility index (Phi) is 11.6. The summed E-state index contributed by atoms with van der Waals surface area (Å²) in [6.07, 6.45) is -2.12. The highest BCUT2D eigenvalue weighted by Gasteiger charge is 2.25. The van der Waals surface area contributed by atoms with E-state index < -0.39 is 35.8 Å². The molecule has 0 bridgehead atoms. The van der Waals surface area contributed by atoms with E-state index in [1.807, 2.05) is 0 Å². The van der Waals surface area contributed by atoms with Crippen LogP contribution in [0, 0.1) is 0 Å². The van der Waals surface area contributed by atoms with Gasteiger partial charge in [-0.2, -0.15) is 0 Å². The molecule has 26 heavy (non-hydrogen) atoms. The number of alkyl carbamates (subject to hydrolysis) is 1. The van der Waals surface area contributed by atoms with Crippen molar-refractivity contribution >= 4 is 18.0 Å². The molecule has 0 saturated carbocycles. The van der Waals surface area contributed by atoms with E-state index in [1.54, 1.807) is 34.6 Å². The summed E-state index contributed by atoms with van der Waals surface area (Å²) in [6, 6.07) is 0. The van der Waals surface area contributed by atoms with Crippen LogP contribution in [0.3, 0.4) is 0 Å². The molecule has 2 unspecified atom stereocenters. The smallest absolute Gasteiger partial charge is 0.407 e. The van der Waals surface area contributed by atoms with E-state index in [0.29, 0.717) is 6.42 Å². The minimum Gasteiger partial charge on any atom is -0.479 e. The van der Waals surface area contributed by atoms with Gasteiger partial charge < -0.3 is 29.4 Å². The molecule has 9 heteroatoms. The third-order valence-electron chi connectivity index (χ3n) is 2.95. The predicted octanol–water partition coefficient (Wildman–Crippen LogP) is 1.73. The largest absolute Gasteiger partial charge is 0.479 e. The van der Waals surface area contributed by atoms with E-state index in [4.69, 9.17) is 18.9 Å². The normalized spacial score (nSPS) is 13.6. The number of carbonyl (C=O) groups excluding carboxylic acids is 2. The SMILES string of the molecule is CCOC(=O)C(COC(CCCNC(=O)OC(C)(C)C)C(=O)O)OCC. The predicted molar refractivity (Wildman–Crippen MR) is 92.9 cm³/mol. The molecule has 9 nitrogen and oxygen atoms in total. The van der Waals surface area contributed by atoms with E-state index >= 15 is 0 Å². The van der Waals surface area contributed by atoms with Gasteiger partial charge in [0.25, 0.3) is 0 Å². The Bertz CT molecular complexity index is 447. The minimum absolute atomic E-state index is 0.160. The fraction of sp³-hybridized carbons (Fsp3) is 0.824. The first kappa shape index (κ1) is 24.1. The molecule has 0 aromatic heterocycles. The van der Waals surface area contributed by atoms with Crippen LogP contribution < -0.4 is 5.32 Å². The van der Waals surface area contributed by atoms with Crippen LogP contribution in [0.5, 0.6) is 0 Å². The molecule has 0 aliphatic rings. The molecule has 0 aliphatic heterocycles. The minimum atomic E-state index is -1.15. The molecule has 152 valence electrons. The number of aliphatic carboxylic acids is 1. The molecular formula is C17H31NO8. The Morgan fingerprint density at radius 2 is 1.69 bits per heavy atom. The monoisotopic (exact) mass is 377 g/mol. The van der Waals surface area contributed by atoms with E-state index in [1.165, 1.54) is 0 Å². The number of hydrogen-bond acceptors (Lipinski definition) is 7. The van der Waals surface area contributed by atoms with Gasteiger partial charge >= 0.3 is 18.0 Å². The van der Waals surface area contributed by atoms with Gasteiger partial charge in [0.1, 0.15) is 5.60 Å².